The largest absolute Gasteiger partial charge is 0.508 e. The van der Waals surface area contributed by atoms with E-state index in [4.69, 9.17) is 10.8 Å². The number of benzene rings is 1. The van der Waals surface area contributed by atoms with Crippen LogP contribution in [0.1, 0.15) is 32.3 Å². The van der Waals surface area contributed by atoms with Gasteiger partial charge in [-0.15, -0.1) is 0 Å². The zero-order chi connectivity index (χ0) is 26.7. The number of nitrogens with two attached hydrogens (primary N) is 1. The number of thiol groups is 1. The predicted molar refractivity (Wildman–Crippen MR) is 129 cm³/mol. The lowest BCUT2D eigenvalue weighted by atomic mass is 10.0. The number of hydrogen-bond donors (Lipinski definition) is 8. The van der Waals surface area contributed by atoms with Crippen LogP contribution in [0.4, 0.5) is 0 Å². The third-order valence-electron chi connectivity index (χ3n) is 5.11. The van der Waals surface area contributed by atoms with Crippen LogP contribution < -0.4 is 21.7 Å². The Labute approximate surface area is 208 Å². The molecule has 13 heteroatoms. The molecule has 3 amide bonds. The van der Waals surface area contributed by atoms with Crippen LogP contribution in [0.5, 0.6) is 5.75 Å². The van der Waals surface area contributed by atoms with Crippen LogP contribution in [-0.2, 0) is 30.4 Å². The summed E-state index contributed by atoms with van der Waals surface area (Å²) < 4.78 is 0. The first-order valence-electron chi connectivity index (χ1n) is 10.9. The molecule has 0 aromatic heterocycles. The Bertz CT molecular complexity index is 909. The van der Waals surface area contributed by atoms with Crippen LogP contribution in [0.3, 0.4) is 0 Å². The van der Waals surface area contributed by atoms with Crippen molar-refractivity contribution < 1.29 is 39.3 Å². The van der Waals surface area contributed by atoms with E-state index in [0.717, 1.165) is 0 Å². The van der Waals surface area contributed by atoms with Crippen molar-refractivity contribution >= 4 is 42.3 Å². The van der Waals surface area contributed by atoms with Crippen LogP contribution in [0.25, 0.3) is 0 Å². The molecule has 0 aliphatic heterocycles. The third kappa shape index (κ3) is 10.2. The van der Waals surface area contributed by atoms with Gasteiger partial charge in [0.1, 0.15) is 23.9 Å². The molecule has 0 bridgehead atoms. The normalized spacial score (nSPS) is 14.3. The summed E-state index contributed by atoms with van der Waals surface area (Å²) in [5, 5.41) is 34.7. The highest BCUT2D eigenvalue weighted by Gasteiger charge is 2.30. The number of rotatable bonds is 14. The summed E-state index contributed by atoms with van der Waals surface area (Å²) in [5.41, 5.74) is 6.48. The molecule has 0 aliphatic carbocycles. The van der Waals surface area contributed by atoms with E-state index in [1.165, 1.54) is 12.1 Å². The molecular formula is C22H32N4O8S. The van der Waals surface area contributed by atoms with Gasteiger partial charge in [-0.2, -0.15) is 12.6 Å². The molecule has 194 valence electrons. The number of phenolic OH excluding ortho intramolecular Hbond substituents is 1. The number of amides is 3. The average molecular weight is 513 g/mol. The minimum absolute atomic E-state index is 0.0138. The number of aliphatic carboxylic acids is 2. The quantitative estimate of drug-likeness (QED) is 0.147. The smallest absolute Gasteiger partial charge is 0.326 e. The summed E-state index contributed by atoms with van der Waals surface area (Å²) in [5.74, 6) is -5.24. The van der Waals surface area contributed by atoms with Gasteiger partial charge in [0.25, 0.3) is 0 Å². The molecule has 0 saturated carbocycles. The average Bonchev–Trinajstić information content (AvgIpc) is 2.79. The first kappa shape index (κ1) is 29.7. The number of carbonyl (C=O) groups is 5. The van der Waals surface area contributed by atoms with Gasteiger partial charge in [-0.1, -0.05) is 26.0 Å². The van der Waals surface area contributed by atoms with Crippen LogP contribution in [0.15, 0.2) is 24.3 Å². The Kier molecular flexibility index (Phi) is 12.0. The fourth-order valence-corrected chi connectivity index (χ4v) is 3.17. The topological polar surface area (TPSA) is 208 Å². The molecule has 0 saturated heterocycles. The van der Waals surface area contributed by atoms with E-state index < -0.39 is 60.2 Å². The lowest BCUT2D eigenvalue weighted by Crippen LogP contribution is -2.58. The first-order valence-corrected chi connectivity index (χ1v) is 11.5. The van der Waals surface area contributed by atoms with Gasteiger partial charge in [0.05, 0.1) is 6.04 Å². The molecule has 0 fully saturated rings. The maximum Gasteiger partial charge on any atom is 0.326 e. The number of carboxylic acid groups (broad SMARTS) is 2. The van der Waals surface area contributed by atoms with Gasteiger partial charge in [0.2, 0.25) is 17.7 Å². The lowest BCUT2D eigenvalue weighted by Gasteiger charge is -2.25. The summed E-state index contributed by atoms with van der Waals surface area (Å²) >= 11 is 4.04. The molecule has 1 aromatic rings. The Hall–Kier alpha value is -3.32. The lowest BCUT2D eigenvalue weighted by molar-refractivity contribution is -0.143. The molecule has 8 N–H and O–H groups in total. The Morgan fingerprint density at radius 1 is 0.886 bits per heavy atom. The second kappa shape index (κ2) is 14.2. The van der Waals surface area contributed by atoms with Crippen molar-refractivity contribution in [2.24, 2.45) is 11.7 Å². The van der Waals surface area contributed by atoms with Crippen molar-refractivity contribution in [1.82, 2.24) is 16.0 Å². The van der Waals surface area contributed by atoms with E-state index in [0.29, 0.717) is 5.56 Å². The van der Waals surface area contributed by atoms with Crippen LogP contribution in [0.2, 0.25) is 0 Å². The first-order chi connectivity index (χ1) is 16.3. The Morgan fingerprint density at radius 3 is 1.89 bits per heavy atom. The van der Waals surface area contributed by atoms with Crippen molar-refractivity contribution in [3.05, 3.63) is 29.8 Å². The minimum Gasteiger partial charge on any atom is -0.508 e. The van der Waals surface area contributed by atoms with E-state index in [2.05, 4.69) is 28.6 Å². The van der Waals surface area contributed by atoms with Gasteiger partial charge < -0.3 is 37.0 Å². The molecule has 0 spiro atoms. The van der Waals surface area contributed by atoms with Crippen molar-refractivity contribution in [3.63, 3.8) is 0 Å². The highest BCUT2D eigenvalue weighted by atomic mass is 32.1. The second-order valence-corrected chi connectivity index (χ2v) is 8.64. The number of aromatic hydroxyl groups is 1. The van der Waals surface area contributed by atoms with E-state index >= 15 is 0 Å². The number of carbonyl (C=O) groups excluding carboxylic acids is 3. The van der Waals surface area contributed by atoms with E-state index in [-0.39, 0.29) is 30.3 Å². The maximum absolute atomic E-state index is 13.0. The molecule has 0 radical (unpaired) electrons. The van der Waals surface area contributed by atoms with Gasteiger partial charge in [-0.25, -0.2) is 4.79 Å². The predicted octanol–water partition coefficient (Wildman–Crippen LogP) is -0.748. The molecule has 1 rings (SSSR count). The van der Waals surface area contributed by atoms with E-state index in [1.54, 1.807) is 26.0 Å². The zero-order valence-electron chi connectivity index (χ0n) is 19.4. The molecular weight excluding hydrogens is 480 g/mol. The molecule has 0 unspecified atom stereocenters. The zero-order valence-corrected chi connectivity index (χ0v) is 20.3. The Morgan fingerprint density at radius 2 is 1.40 bits per heavy atom. The fourth-order valence-electron chi connectivity index (χ4n) is 2.91. The number of nitrogens with one attached hydrogen (secondary N) is 3. The minimum atomic E-state index is -1.48. The van der Waals surface area contributed by atoms with Crippen molar-refractivity contribution in [1.29, 1.82) is 0 Å². The van der Waals surface area contributed by atoms with Crippen LogP contribution >= 0.6 is 12.6 Å². The van der Waals surface area contributed by atoms with Crippen molar-refractivity contribution in [2.45, 2.75) is 57.3 Å². The third-order valence-corrected chi connectivity index (χ3v) is 5.47. The summed E-state index contributed by atoms with van der Waals surface area (Å²) in [7, 11) is 0. The maximum atomic E-state index is 13.0. The summed E-state index contributed by atoms with van der Waals surface area (Å²) in [6.45, 7) is 3.48. The number of hydrogen-bond acceptors (Lipinski definition) is 8. The van der Waals surface area contributed by atoms with Gasteiger partial charge in [0, 0.05) is 18.6 Å². The van der Waals surface area contributed by atoms with Crippen molar-refractivity contribution in [3.8, 4) is 5.75 Å². The standard InChI is InChI=1S/C22H32N4O8S/c1-11(2)18(23)21(32)25-15(9-12-3-5-13(27)6-4-12)19(30)26-16(10-35)20(31)24-14(22(33)34)7-8-17(28)29/h3-6,11,14-16,18,27,35H,7-10,23H2,1-2H3,(H,24,31)(H,25,32)(H,26,30)(H,28,29)(H,33,34)/t14-,15-,16-,18-/m0/s1. The number of carboxylic acids is 2. The monoisotopic (exact) mass is 512 g/mol. The van der Waals surface area contributed by atoms with Gasteiger partial charge in [-0.3, -0.25) is 19.2 Å². The fraction of sp³-hybridized carbons (Fsp3) is 0.500. The van der Waals surface area contributed by atoms with E-state index in [1.807, 2.05) is 0 Å². The summed E-state index contributed by atoms with van der Waals surface area (Å²) in [6.07, 6.45) is -0.817. The van der Waals surface area contributed by atoms with Gasteiger partial charge in [-0.05, 0) is 30.0 Å². The molecule has 0 heterocycles. The molecule has 12 nitrogen and oxygen atoms in total. The SMILES string of the molecule is CC(C)[C@H](N)C(=O)N[C@@H](Cc1ccc(O)cc1)C(=O)N[C@@H](CS)C(=O)N[C@@H](CCC(=O)O)C(=O)O. The Balaban J connectivity index is 3.00. The summed E-state index contributed by atoms with van der Waals surface area (Å²) in [4.78, 5) is 60.2. The molecule has 0 aliphatic rings. The summed E-state index contributed by atoms with van der Waals surface area (Å²) in [6, 6.07) is 1.18. The van der Waals surface area contributed by atoms with Gasteiger partial charge >= 0.3 is 11.9 Å². The number of phenols is 1. The van der Waals surface area contributed by atoms with Gasteiger partial charge in [0.15, 0.2) is 0 Å². The highest BCUT2D eigenvalue weighted by Crippen LogP contribution is 2.12. The molecule has 35 heavy (non-hydrogen) atoms. The highest BCUT2D eigenvalue weighted by molar-refractivity contribution is 7.80. The molecule has 4 atom stereocenters. The second-order valence-electron chi connectivity index (χ2n) is 8.28. The van der Waals surface area contributed by atoms with Crippen LogP contribution in [-0.4, -0.2) is 74.9 Å². The van der Waals surface area contributed by atoms with Crippen LogP contribution in [0, 0.1) is 5.92 Å². The van der Waals surface area contributed by atoms with E-state index in [9.17, 15) is 34.2 Å². The van der Waals surface area contributed by atoms with Crippen molar-refractivity contribution in [2.75, 3.05) is 5.75 Å². The molecule has 1 aromatic carbocycles.